The second-order valence-corrected chi connectivity index (χ2v) is 6.28. The normalized spacial score (nSPS) is 15.3. The number of Topliss-reactive ketones (excluding diaryl/α,β-unsaturated/α-hetero) is 1. The number of anilines is 1. The number of piperidine rings is 1. The molecule has 1 saturated heterocycles. The van der Waals surface area contributed by atoms with Gasteiger partial charge in [0.05, 0.1) is 5.69 Å². The van der Waals surface area contributed by atoms with Crippen LogP contribution in [-0.4, -0.2) is 23.9 Å². The van der Waals surface area contributed by atoms with E-state index in [-0.39, 0.29) is 0 Å². The number of hydrogen-bond donors (Lipinski definition) is 0. The van der Waals surface area contributed by atoms with Crippen LogP contribution in [0.2, 0.25) is 0 Å². The summed E-state index contributed by atoms with van der Waals surface area (Å²) >= 11 is 3.46. The van der Waals surface area contributed by atoms with Crippen LogP contribution in [0.3, 0.4) is 0 Å². The van der Waals surface area contributed by atoms with Crippen LogP contribution in [0.4, 0.5) is 5.82 Å². The molecule has 21 heavy (non-hydrogen) atoms. The minimum Gasteiger partial charge on any atom is -0.356 e. The molecule has 0 amide bonds. The highest BCUT2D eigenvalue weighted by atomic mass is 79.9. The van der Waals surface area contributed by atoms with Crippen molar-refractivity contribution in [2.75, 3.05) is 18.0 Å². The Morgan fingerprint density at radius 3 is 2.38 bits per heavy atom. The van der Waals surface area contributed by atoms with Gasteiger partial charge in [0.15, 0.2) is 0 Å². The maximum Gasteiger partial charge on any atom is 0.136 e. The Morgan fingerprint density at radius 1 is 1.05 bits per heavy atom. The van der Waals surface area contributed by atoms with E-state index in [1.54, 1.807) is 0 Å². The van der Waals surface area contributed by atoms with Crippen LogP contribution in [0.1, 0.15) is 18.4 Å². The average Bonchev–Trinajstić information content (AvgIpc) is 2.50. The highest BCUT2D eigenvalue weighted by Crippen LogP contribution is 2.26. The summed E-state index contributed by atoms with van der Waals surface area (Å²) in [4.78, 5) is 18.4. The number of hydrogen-bond acceptors (Lipinski definition) is 3. The van der Waals surface area contributed by atoms with E-state index in [2.05, 4.69) is 46.0 Å². The van der Waals surface area contributed by atoms with Gasteiger partial charge in [-0.3, -0.25) is 4.79 Å². The standard InChI is InChI=1S/C17H17BrN2O/c1-12-2-7-16(20-10-8-15(21)9-11-20)19-17(12)13-3-5-14(18)6-4-13/h2-7H,8-11H2,1H3. The van der Waals surface area contributed by atoms with Crippen molar-refractivity contribution in [1.82, 2.24) is 4.98 Å². The minimum absolute atomic E-state index is 0.353. The molecule has 4 heteroatoms. The van der Waals surface area contributed by atoms with Crippen molar-refractivity contribution < 1.29 is 4.79 Å². The Balaban J connectivity index is 1.92. The number of halogens is 1. The SMILES string of the molecule is Cc1ccc(N2CCC(=O)CC2)nc1-c1ccc(Br)cc1. The number of aryl methyl sites for hydroxylation is 1. The van der Waals surface area contributed by atoms with Crippen LogP contribution in [0.15, 0.2) is 40.9 Å². The van der Waals surface area contributed by atoms with E-state index >= 15 is 0 Å². The molecule has 0 bridgehead atoms. The monoisotopic (exact) mass is 344 g/mol. The van der Waals surface area contributed by atoms with Crippen LogP contribution >= 0.6 is 15.9 Å². The number of nitrogens with zero attached hydrogens (tertiary/aromatic N) is 2. The Morgan fingerprint density at radius 2 is 1.71 bits per heavy atom. The fourth-order valence-electron chi connectivity index (χ4n) is 2.58. The smallest absolute Gasteiger partial charge is 0.136 e. The third kappa shape index (κ3) is 3.16. The van der Waals surface area contributed by atoms with E-state index in [1.807, 2.05) is 18.2 Å². The summed E-state index contributed by atoms with van der Waals surface area (Å²) in [5, 5.41) is 0. The molecule has 1 fully saturated rings. The first-order valence-electron chi connectivity index (χ1n) is 7.14. The Kier molecular flexibility index (Phi) is 4.06. The number of rotatable bonds is 2. The fourth-order valence-corrected chi connectivity index (χ4v) is 2.84. The molecule has 2 aromatic rings. The number of benzene rings is 1. The maximum atomic E-state index is 11.4. The zero-order chi connectivity index (χ0) is 14.8. The minimum atomic E-state index is 0.353. The molecule has 1 aliphatic heterocycles. The first-order chi connectivity index (χ1) is 10.1. The molecule has 0 aliphatic carbocycles. The van der Waals surface area contributed by atoms with E-state index in [0.29, 0.717) is 18.6 Å². The third-order valence-corrected chi connectivity index (χ3v) is 4.37. The van der Waals surface area contributed by atoms with Crippen molar-refractivity contribution in [2.24, 2.45) is 0 Å². The quantitative estimate of drug-likeness (QED) is 0.825. The zero-order valence-electron chi connectivity index (χ0n) is 12.0. The summed E-state index contributed by atoms with van der Waals surface area (Å²) in [5.41, 5.74) is 3.29. The molecule has 108 valence electrons. The summed E-state index contributed by atoms with van der Waals surface area (Å²) in [6.07, 6.45) is 1.26. The molecule has 1 aromatic heterocycles. The molecule has 3 rings (SSSR count). The molecule has 0 spiro atoms. The molecule has 0 saturated carbocycles. The molecular formula is C17H17BrN2O. The van der Waals surface area contributed by atoms with E-state index in [1.165, 1.54) is 0 Å². The summed E-state index contributed by atoms with van der Waals surface area (Å²) in [6.45, 7) is 3.62. The van der Waals surface area contributed by atoms with Gasteiger partial charge in [-0.2, -0.15) is 0 Å². The Bertz CT molecular complexity index is 657. The number of carbonyl (C=O) groups excluding carboxylic acids is 1. The summed E-state index contributed by atoms with van der Waals surface area (Å²) < 4.78 is 1.06. The highest BCUT2D eigenvalue weighted by Gasteiger charge is 2.18. The van der Waals surface area contributed by atoms with Crippen molar-refractivity contribution >= 4 is 27.5 Å². The maximum absolute atomic E-state index is 11.4. The molecule has 0 atom stereocenters. The Labute approximate surface area is 133 Å². The van der Waals surface area contributed by atoms with E-state index < -0.39 is 0 Å². The van der Waals surface area contributed by atoms with E-state index in [9.17, 15) is 4.79 Å². The van der Waals surface area contributed by atoms with Gasteiger partial charge in [0, 0.05) is 36.0 Å². The van der Waals surface area contributed by atoms with Crippen LogP contribution in [0.5, 0.6) is 0 Å². The summed E-state index contributed by atoms with van der Waals surface area (Å²) in [7, 11) is 0. The predicted octanol–water partition coefficient (Wildman–Crippen LogP) is 3.99. The number of carbonyl (C=O) groups is 1. The Hall–Kier alpha value is -1.68. The van der Waals surface area contributed by atoms with Gasteiger partial charge in [0.25, 0.3) is 0 Å². The molecule has 0 N–H and O–H groups in total. The van der Waals surface area contributed by atoms with Crippen molar-refractivity contribution in [3.05, 3.63) is 46.4 Å². The lowest BCUT2D eigenvalue weighted by atomic mass is 10.1. The lowest BCUT2D eigenvalue weighted by molar-refractivity contribution is -0.119. The van der Waals surface area contributed by atoms with Crippen LogP contribution in [-0.2, 0) is 4.79 Å². The second-order valence-electron chi connectivity index (χ2n) is 5.37. The number of pyridine rings is 1. The molecule has 1 aromatic carbocycles. The van der Waals surface area contributed by atoms with Gasteiger partial charge in [-0.1, -0.05) is 34.1 Å². The van der Waals surface area contributed by atoms with Gasteiger partial charge in [0.2, 0.25) is 0 Å². The van der Waals surface area contributed by atoms with Gasteiger partial charge in [0.1, 0.15) is 11.6 Å². The highest BCUT2D eigenvalue weighted by molar-refractivity contribution is 9.10. The van der Waals surface area contributed by atoms with Gasteiger partial charge < -0.3 is 4.90 Å². The van der Waals surface area contributed by atoms with E-state index in [4.69, 9.17) is 4.98 Å². The summed E-state index contributed by atoms with van der Waals surface area (Å²) in [5.74, 6) is 1.32. The lowest BCUT2D eigenvalue weighted by Gasteiger charge is -2.27. The van der Waals surface area contributed by atoms with Gasteiger partial charge in [-0.15, -0.1) is 0 Å². The van der Waals surface area contributed by atoms with Crippen molar-refractivity contribution in [3.8, 4) is 11.3 Å². The third-order valence-electron chi connectivity index (χ3n) is 3.85. The average molecular weight is 345 g/mol. The fraction of sp³-hybridized carbons (Fsp3) is 0.294. The number of ketones is 1. The zero-order valence-corrected chi connectivity index (χ0v) is 13.6. The largest absolute Gasteiger partial charge is 0.356 e. The van der Waals surface area contributed by atoms with Crippen molar-refractivity contribution in [2.45, 2.75) is 19.8 Å². The topological polar surface area (TPSA) is 33.2 Å². The molecule has 2 heterocycles. The van der Waals surface area contributed by atoms with Gasteiger partial charge >= 0.3 is 0 Å². The second kappa shape index (κ2) is 5.98. The van der Waals surface area contributed by atoms with Crippen LogP contribution < -0.4 is 4.90 Å². The van der Waals surface area contributed by atoms with Gasteiger partial charge in [-0.05, 0) is 30.7 Å². The molecule has 3 nitrogen and oxygen atoms in total. The molecule has 1 aliphatic rings. The van der Waals surface area contributed by atoms with Crippen LogP contribution in [0.25, 0.3) is 11.3 Å². The van der Waals surface area contributed by atoms with Crippen molar-refractivity contribution in [1.29, 1.82) is 0 Å². The number of aromatic nitrogens is 1. The molecule has 0 unspecified atom stereocenters. The van der Waals surface area contributed by atoms with Crippen LogP contribution in [0, 0.1) is 6.92 Å². The first-order valence-corrected chi connectivity index (χ1v) is 7.93. The van der Waals surface area contributed by atoms with Crippen molar-refractivity contribution in [3.63, 3.8) is 0 Å². The first kappa shape index (κ1) is 14.3. The van der Waals surface area contributed by atoms with Gasteiger partial charge in [-0.25, -0.2) is 4.98 Å². The predicted molar refractivity (Wildman–Crippen MR) is 88.6 cm³/mol. The molecule has 0 radical (unpaired) electrons. The molecular weight excluding hydrogens is 328 g/mol. The van der Waals surface area contributed by atoms with E-state index in [0.717, 1.165) is 40.2 Å². The summed E-state index contributed by atoms with van der Waals surface area (Å²) in [6, 6.07) is 12.4. The lowest BCUT2D eigenvalue weighted by Crippen LogP contribution is -2.34.